The van der Waals surface area contributed by atoms with Crippen LogP contribution in [0.15, 0.2) is 22.9 Å². The van der Waals surface area contributed by atoms with Crippen molar-refractivity contribution in [2.24, 2.45) is 5.92 Å². The Hall–Kier alpha value is -2.74. The van der Waals surface area contributed by atoms with E-state index in [9.17, 15) is 14.0 Å². The maximum absolute atomic E-state index is 14.4. The molecule has 1 aliphatic heterocycles. The highest BCUT2D eigenvalue weighted by molar-refractivity contribution is 6.03. The molecule has 2 aliphatic rings. The number of aryl methyl sites for hydroxylation is 1. The molecule has 32 heavy (non-hydrogen) atoms. The van der Waals surface area contributed by atoms with Crippen LogP contribution in [-0.2, 0) is 11.3 Å². The number of hydrogen-bond acceptors (Lipinski definition) is 5. The molecule has 1 aromatic carbocycles. The minimum Gasteiger partial charge on any atom is -0.448 e. The van der Waals surface area contributed by atoms with Gasteiger partial charge in [-0.25, -0.2) is 9.37 Å². The molecule has 1 saturated heterocycles. The molecule has 2 aromatic rings. The first kappa shape index (κ1) is 22.5. The first-order chi connectivity index (χ1) is 15.3. The molecule has 0 spiro atoms. The number of oxazole rings is 1. The fourth-order valence-electron chi connectivity index (χ4n) is 4.89. The largest absolute Gasteiger partial charge is 0.448 e. The van der Waals surface area contributed by atoms with Gasteiger partial charge in [-0.05, 0) is 56.9 Å². The van der Waals surface area contributed by atoms with Gasteiger partial charge in [0.25, 0.3) is 5.91 Å². The zero-order valence-corrected chi connectivity index (χ0v) is 19.0. The maximum Gasteiger partial charge on any atom is 0.277 e. The van der Waals surface area contributed by atoms with Gasteiger partial charge in [0.15, 0.2) is 12.1 Å². The minimum atomic E-state index is -0.427. The predicted octanol–water partition coefficient (Wildman–Crippen LogP) is 3.91. The van der Waals surface area contributed by atoms with E-state index < -0.39 is 11.7 Å². The topological polar surface area (TPSA) is 78.7 Å². The highest BCUT2D eigenvalue weighted by Gasteiger charge is 2.33. The van der Waals surface area contributed by atoms with Crippen LogP contribution in [0.4, 0.5) is 10.1 Å². The van der Waals surface area contributed by atoms with E-state index in [-0.39, 0.29) is 17.7 Å². The first-order valence-corrected chi connectivity index (χ1v) is 11.4. The van der Waals surface area contributed by atoms with Crippen LogP contribution >= 0.6 is 0 Å². The second kappa shape index (κ2) is 9.40. The van der Waals surface area contributed by atoms with Crippen LogP contribution in [0.3, 0.4) is 0 Å². The third-order valence-electron chi connectivity index (χ3n) is 6.78. The van der Waals surface area contributed by atoms with Crippen molar-refractivity contribution in [1.29, 1.82) is 0 Å². The summed E-state index contributed by atoms with van der Waals surface area (Å²) in [7, 11) is 0. The molecule has 2 amide bonds. The number of aromatic nitrogens is 1. The molecule has 8 heteroatoms. The van der Waals surface area contributed by atoms with Crippen LogP contribution in [0.1, 0.15) is 60.0 Å². The van der Waals surface area contributed by atoms with Gasteiger partial charge in [0.2, 0.25) is 5.91 Å². The van der Waals surface area contributed by atoms with E-state index in [1.807, 2.05) is 11.8 Å². The lowest BCUT2D eigenvalue weighted by Crippen LogP contribution is -2.54. The van der Waals surface area contributed by atoms with Crippen molar-refractivity contribution in [2.75, 3.05) is 25.0 Å². The second-order valence-electron chi connectivity index (χ2n) is 9.05. The Morgan fingerprint density at radius 2 is 1.97 bits per heavy atom. The fourth-order valence-corrected chi connectivity index (χ4v) is 4.89. The molecule has 0 bridgehead atoms. The lowest BCUT2D eigenvalue weighted by Gasteiger charge is -2.41. The Morgan fingerprint density at radius 3 is 2.62 bits per heavy atom. The van der Waals surface area contributed by atoms with Crippen molar-refractivity contribution in [3.63, 3.8) is 0 Å². The van der Waals surface area contributed by atoms with Crippen molar-refractivity contribution in [1.82, 2.24) is 14.8 Å². The Morgan fingerprint density at radius 1 is 1.22 bits per heavy atom. The molecule has 2 fully saturated rings. The zero-order chi connectivity index (χ0) is 22.8. The predicted molar refractivity (Wildman–Crippen MR) is 119 cm³/mol. The minimum absolute atomic E-state index is 0.125. The Kier molecular flexibility index (Phi) is 6.60. The van der Waals surface area contributed by atoms with Crippen molar-refractivity contribution < 1.29 is 18.4 Å². The molecule has 7 nitrogen and oxygen atoms in total. The van der Waals surface area contributed by atoms with Gasteiger partial charge in [-0.3, -0.25) is 14.5 Å². The van der Waals surface area contributed by atoms with Crippen molar-refractivity contribution in [3.05, 3.63) is 46.9 Å². The number of anilines is 1. The average Bonchev–Trinajstić information content (AvgIpc) is 3.43. The van der Waals surface area contributed by atoms with Crippen LogP contribution < -0.4 is 5.32 Å². The smallest absolute Gasteiger partial charge is 0.277 e. The molecule has 2 heterocycles. The van der Waals surface area contributed by atoms with Crippen molar-refractivity contribution in [3.8, 4) is 0 Å². The van der Waals surface area contributed by atoms with E-state index in [1.165, 1.54) is 18.5 Å². The van der Waals surface area contributed by atoms with Gasteiger partial charge in [0.1, 0.15) is 11.6 Å². The number of benzene rings is 1. The normalized spacial score (nSPS) is 20.0. The number of nitrogens with zero attached hydrogens (tertiary/aromatic N) is 3. The van der Waals surface area contributed by atoms with E-state index in [1.54, 1.807) is 6.92 Å². The second-order valence-corrected chi connectivity index (χ2v) is 9.05. The molecule has 1 aliphatic carbocycles. The molecular weight excluding hydrogens is 411 g/mol. The van der Waals surface area contributed by atoms with E-state index in [0.29, 0.717) is 30.4 Å². The summed E-state index contributed by atoms with van der Waals surface area (Å²) in [6.07, 6.45) is 5.54. The van der Waals surface area contributed by atoms with Crippen LogP contribution in [0.5, 0.6) is 0 Å². The Bertz CT molecular complexity index is 999. The number of amides is 2. The van der Waals surface area contributed by atoms with Crippen molar-refractivity contribution >= 4 is 17.5 Å². The van der Waals surface area contributed by atoms with E-state index >= 15 is 0 Å². The average molecular weight is 443 g/mol. The Balaban J connectivity index is 1.43. The highest BCUT2D eigenvalue weighted by Crippen LogP contribution is 2.29. The van der Waals surface area contributed by atoms with E-state index in [0.717, 1.165) is 49.9 Å². The van der Waals surface area contributed by atoms with Gasteiger partial charge in [-0.2, -0.15) is 0 Å². The lowest BCUT2D eigenvalue weighted by molar-refractivity contribution is -0.140. The summed E-state index contributed by atoms with van der Waals surface area (Å²) >= 11 is 0. The van der Waals surface area contributed by atoms with Crippen molar-refractivity contribution in [2.45, 2.75) is 59.0 Å². The molecular formula is C24H31FN4O3. The zero-order valence-electron chi connectivity index (χ0n) is 19.0. The summed E-state index contributed by atoms with van der Waals surface area (Å²) in [5.41, 5.74) is 2.25. The number of rotatable bonds is 5. The first-order valence-electron chi connectivity index (χ1n) is 11.4. The monoisotopic (exact) mass is 442 g/mol. The quantitative estimate of drug-likeness (QED) is 0.760. The summed E-state index contributed by atoms with van der Waals surface area (Å²) in [5.74, 6) is 0.0685. The van der Waals surface area contributed by atoms with E-state index in [4.69, 9.17) is 4.42 Å². The summed E-state index contributed by atoms with van der Waals surface area (Å²) in [6, 6.07) is 2.97. The summed E-state index contributed by atoms with van der Waals surface area (Å²) in [5, 5.41) is 2.76. The summed E-state index contributed by atoms with van der Waals surface area (Å²) in [6.45, 7) is 8.37. The van der Waals surface area contributed by atoms with Gasteiger partial charge in [-0.1, -0.05) is 12.8 Å². The number of piperazine rings is 1. The van der Waals surface area contributed by atoms with Gasteiger partial charge in [-0.15, -0.1) is 0 Å². The maximum atomic E-state index is 14.4. The highest BCUT2D eigenvalue weighted by atomic mass is 19.1. The van der Waals surface area contributed by atoms with Gasteiger partial charge in [0, 0.05) is 43.8 Å². The summed E-state index contributed by atoms with van der Waals surface area (Å²) < 4.78 is 19.5. The summed E-state index contributed by atoms with van der Waals surface area (Å²) in [4.78, 5) is 33.6. The number of carbonyl (C=O) groups excluding carboxylic acids is 2. The molecule has 1 aromatic heterocycles. The number of carbonyl (C=O) groups is 2. The van der Waals surface area contributed by atoms with Crippen LogP contribution in [0, 0.1) is 25.6 Å². The lowest BCUT2D eigenvalue weighted by atomic mass is 10.0. The number of nitrogens with one attached hydrogen (secondary N) is 1. The molecule has 1 saturated carbocycles. The van der Waals surface area contributed by atoms with Gasteiger partial charge in [0.05, 0.1) is 0 Å². The molecule has 0 unspecified atom stereocenters. The number of hydrogen-bond donors (Lipinski definition) is 1. The van der Waals surface area contributed by atoms with Crippen LogP contribution in [-0.4, -0.2) is 52.3 Å². The Labute approximate surface area is 188 Å². The molecule has 4 rings (SSSR count). The molecule has 1 N–H and O–H groups in total. The van der Waals surface area contributed by atoms with Crippen LogP contribution in [0.2, 0.25) is 0 Å². The third-order valence-corrected chi connectivity index (χ3v) is 6.78. The molecule has 172 valence electrons. The standard InChI is InChI=1S/C24H31FN4O3/c1-15-12-28(8-9-29(15)24(31)18-6-4-5-7-18)13-19-10-20(25)11-21(16(19)2)27-23(30)22-17(3)32-14-26-22/h10-11,14-15,18H,4-9,12-13H2,1-3H3,(H,27,30)/t15-/m0/s1. The number of halogens is 1. The third kappa shape index (κ3) is 4.70. The molecule has 0 radical (unpaired) electrons. The SMILES string of the molecule is Cc1ocnc1C(=O)Nc1cc(F)cc(CN2CCN(C(=O)C3CCCC3)[C@@H](C)C2)c1C. The van der Waals surface area contributed by atoms with E-state index in [2.05, 4.69) is 22.1 Å². The fraction of sp³-hybridized carbons (Fsp3) is 0.542. The van der Waals surface area contributed by atoms with Crippen LogP contribution in [0.25, 0.3) is 0 Å². The van der Waals surface area contributed by atoms with Gasteiger partial charge < -0.3 is 14.6 Å². The van der Waals surface area contributed by atoms with Gasteiger partial charge >= 0.3 is 0 Å². The molecule has 1 atom stereocenters.